The van der Waals surface area contributed by atoms with Gasteiger partial charge >= 0.3 is 0 Å². The Labute approximate surface area is 118 Å². The molecule has 0 radical (unpaired) electrons. The van der Waals surface area contributed by atoms with Crippen molar-refractivity contribution in [2.24, 2.45) is 17.3 Å². The second-order valence-electron chi connectivity index (χ2n) is 6.57. The van der Waals surface area contributed by atoms with Gasteiger partial charge in [0.1, 0.15) is 0 Å². The summed E-state index contributed by atoms with van der Waals surface area (Å²) in [7, 11) is 0. The van der Waals surface area contributed by atoms with Gasteiger partial charge in [-0.1, -0.05) is 74.7 Å². The van der Waals surface area contributed by atoms with Gasteiger partial charge < -0.3 is 0 Å². The summed E-state index contributed by atoms with van der Waals surface area (Å²) in [5, 5.41) is 0. The fourth-order valence-electron chi connectivity index (χ4n) is 1.52. The van der Waals surface area contributed by atoms with Gasteiger partial charge in [0.2, 0.25) is 0 Å². The Bertz CT molecular complexity index is 126. The number of hydrogen-bond donors (Lipinski definition) is 0. The van der Waals surface area contributed by atoms with Crippen molar-refractivity contribution < 1.29 is 0 Å². The highest BCUT2D eigenvalue weighted by atomic mass is 14.6. The van der Waals surface area contributed by atoms with Gasteiger partial charge in [-0.15, -0.1) is 0 Å². The lowest BCUT2D eigenvalue weighted by Crippen LogP contribution is -1.91. The predicted molar refractivity (Wildman–Crippen MR) is 87.1 cm³/mol. The van der Waals surface area contributed by atoms with Gasteiger partial charge in [0, 0.05) is 0 Å². The molecule has 2 rings (SSSR count). The zero-order valence-corrected chi connectivity index (χ0v) is 14.6. The molecule has 0 N–H and O–H groups in total. The fourth-order valence-corrected chi connectivity index (χ4v) is 1.52. The zero-order chi connectivity index (χ0) is 14.6. The lowest BCUT2D eigenvalue weighted by atomic mass is 10.0. The van der Waals surface area contributed by atoms with Crippen LogP contribution in [0, 0.1) is 17.3 Å². The minimum atomic E-state index is 0.886. The molecule has 2 saturated carbocycles. The normalized spacial score (nSPS) is 17.0. The van der Waals surface area contributed by atoms with Crippen LogP contribution in [-0.2, 0) is 0 Å². The molecule has 0 atom stereocenters. The Morgan fingerprint density at radius 3 is 1.00 bits per heavy atom. The molecule has 0 amide bonds. The first-order valence-electron chi connectivity index (χ1n) is 8.45. The molecule has 0 aromatic heterocycles. The first kappa shape index (κ1) is 20.3. The van der Waals surface area contributed by atoms with Crippen LogP contribution in [0.15, 0.2) is 0 Å². The standard InChI is InChI=1S/C8H18.C5H8.C3H8.C2H6/c1-7(2)5-6-8(3)4;1-2-5(1)3-4-5;1-3-2;1-2/h7-8H,5-6H2,1-4H3;1-4H2;3H2,1-2H3;1-2H3. The summed E-state index contributed by atoms with van der Waals surface area (Å²) in [5.74, 6) is 1.77. The average Bonchev–Trinajstić information content (AvgIpc) is 3.24. The second-order valence-corrected chi connectivity index (χ2v) is 6.57. The summed E-state index contributed by atoms with van der Waals surface area (Å²) >= 11 is 0. The van der Waals surface area contributed by atoms with E-state index in [0.717, 1.165) is 17.3 Å². The Morgan fingerprint density at radius 2 is 0.944 bits per heavy atom. The summed E-state index contributed by atoms with van der Waals surface area (Å²) in [6, 6.07) is 0. The first-order chi connectivity index (χ1) is 8.45. The molecule has 0 saturated heterocycles. The van der Waals surface area contributed by atoms with E-state index in [9.17, 15) is 0 Å². The van der Waals surface area contributed by atoms with Gasteiger partial charge in [0.05, 0.1) is 0 Å². The zero-order valence-electron chi connectivity index (χ0n) is 14.6. The van der Waals surface area contributed by atoms with Crippen LogP contribution in [0.2, 0.25) is 0 Å². The molecule has 2 aliphatic carbocycles. The Kier molecular flexibility index (Phi) is 13.6. The molecule has 0 nitrogen and oxygen atoms in total. The molecule has 0 aromatic carbocycles. The van der Waals surface area contributed by atoms with E-state index in [4.69, 9.17) is 0 Å². The van der Waals surface area contributed by atoms with Crippen molar-refractivity contribution in [3.8, 4) is 0 Å². The van der Waals surface area contributed by atoms with Crippen LogP contribution in [0.1, 0.15) is 100 Å². The lowest BCUT2D eigenvalue weighted by Gasteiger charge is -2.05. The molecule has 0 aliphatic heterocycles. The van der Waals surface area contributed by atoms with E-state index >= 15 is 0 Å². The SMILES string of the molecule is C1CC12CC2.CC.CC(C)CCC(C)C.CCC. The Morgan fingerprint density at radius 1 is 0.722 bits per heavy atom. The molecule has 2 aliphatic rings. The van der Waals surface area contributed by atoms with Gasteiger partial charge in [-0.25, -0.2) is 0 Å². The van der Waals surface area contributed by atoms with Crippen molar-refractivity contribution >= 4 is 0 Å². The van der Waals surface area contributed by atoms with Crippen LogP contribution in [0.5, 0.6) is 0 Å². The van der Waals surface area contributed by atoms with Gasteiger partial charge in [0.25, 0.3) is 0 Å². The second kappa shape index (κ2) is 12.1. The maximum atomic E-state index is 2.28. The van der Waals surface area contributed by atoms with Crippen LogP contribution in [0.25, 0.3) is 0 Å². The minimum absolute atomic E-state index is 0.886. The van der Waals surface area contributed by atoms with E-state index in [-0.39, 0.29) is 0 Å². The summed E-state index contributed by atoms with van der Waals surface area (Å²) in [6.07, 6.45) is 10.3. The summed E-state index contributed by atoms with van der Waals surface area (Å²) in [4.78, 5) is 0. The fraction of sp³-hybridized carbons (Fsp3) is 1.00. The van der Waals surface area contributed by atoms with Crippen LogP contribution < -0.4 is 0 Å². The maximum absolute atomic E-state index is 2.28. The smallest absolute Gasteiger partial charge is 0.0297 e. The molecule has 0 heterocycles. The largest absolute Gasteiger partial charge is 0.0683 e. The van der Waals surface area contributed by atoms with Crippen LogP contribution >= 0.6 is 0 Å². The minimum Gasteiger partial charge on any atom is -0.0683 e. The average molecular weight is 257 g/mol. The molecular weight excluding hydrogens is 216 g/mol. The Balaban J connectivity index is 0. The summed E-state index contributed by atoms with van der Waals surface area (Å²) in [6.45, 7) is 17.4. The molecule has 18 heavy (non-hydrogen) atoms. The van der Waals surface area contributed by atoms with Crippen molar-refractivity contribution in [2.45, 2.75) is 100 Å². The van der Waals surface area contributed by atoms with E-state index in [0.29, 0.717) is 0 Å². The van der Waals surface area contributed by atoms with Crippen molar-refractivity contribution in [3.05, 3.63) is 0 Å². The molecule has 0 heteroatoms. The monoisotopic (exact) mass is 256 g/mol. The quantitative estimate of drug-likeness (QED) is 0.506. The third kappa shape index (κ3) is 16.0. The van der Waals surface area contributed by atoms with Gasteiger partial charge in [-0.3, -0.25) is 0 Å². The molecule has 112 valence electrons. The third-order valence-corrected chi connectivity index (χ3v) is 3.24. The van der Waals surface area contributed by atoms with Crippen LogP contribution in [-0.4, -0.2) is 0 Å². The first-order valence-corrected chi connectivity index (χ1v) is 8.45. The van der Waals surface area contributed by atoms with Gasteiger partial charge in [-0.2, -0.15) is 0 Å². The van der Waals surface area contributed by atoms with Crippen molar-refractivity contribution in [1.29, 1.82) is 0 Å². The molecule has 2 fully saturated rings. The van der Waals surface area contributed by atoms with E-state index in [1.165, 1.54) is 19.3 Å². The highest BCUT2D eigenvalue weighted by Crippen LogP contribution is 2.65. The van der Waals surface area contributed by atoms with E-state index < -0.39 is 0 Å². The summed E-state index contributed by atoms with van der Waals surface area (Å²) < 4.78 is 0. The van der Waals surface area contributed by atoms with E-state index in [1.54, 1.807) is 25.7 Å². The van der Waals surface area contributed by atoms with Crippen LogP contribution in [0.3, 0.4) is 0 Å². The summed E-state index contributed by atoms with van der Waals surface area (Å²) in [5.41, 5.74) is 1.00. The van der Waals surface area contributed by atoms with Crippen LogP contribution in [0.4, 0.5) is 0 Å². The number of rotatable bonds is 3. The topological polar surface area (TPSA) is 0 Å². The predicted octanol–water partition coefficient (Wildman–Crippen LogP) is 7.08. The molecule has 0 aromatic rings. The number of hydrogen-bond acceptors (Lipinski definition) is 0. The molecule has 0 bridgehead atoms. The van der Waals surface area contributed by atoms with Crippen molar-refractivity contribution in [3.63, 3.8) is 0 Å². The van der Waals surface area contributed by atoms with Gasteiger partial charge in [0.15, 0.2) is 0 Å². The van der Waals surface area contributed by atoms with E-state index in [2.05, 4.69) is 41.5 Å². The molecule has 1 spiro atoms. The lowest BCUT2D eigenvalue weighted by molar-refractivity contribution is 0.476. The maximum Gasteiger partial charge on any atom is -0.0297 e. The Hall–Kier alpha value is 0. The van der Waals surface area contributed by atoms with Crippen molar-refractivity contribution in [2.75, 3.05) is 0 Å². The highest BCUT2D eigenvalue weighted by Gasteiger charge is 2.52. The van der Waals surface area contributed by atoms with E-state index in [1.807, 2.05) is 13.8 Å². The molecular formula is C18H40. The molecule has 0 unspecified atom stereocenters. The van der Waals surface area contributed by atoms with Gasteiger partial charge in [-0.05, 0) is 42.9 Å². The van der Waals surface area contributed by atoms with Crippen molar-refractivity contribution in [1.82, 2.24) is 0 Å². The third-order valence-electron chi connectivity index (χ3n) is 3.24. The highest BCUT2D eigenvalue weighted by molar-refractivity contribution is 5.04.